The predicted octanol–water partition coefficient (Wildman–Crippen LogP) is 0.298. The molecule has 4 rings (SSSR count). The van der Waals surface area contributed by atoms with Gasteiger partial charge in [-0.2, -0.15) is 4.98 Å². The Hall–Kier alpha value is -3.62. The van der Waals surface area contributed by atoms with Crippen molar-refractivity contribution in [3.05, 3.63) is 46.8 Å². The first-order chi connectivity index (χ1) is 12.8. The Kier molecular flexibility index (Phi) is 3.39. The summed E-state index contributed by atoms with van der Waals surface area (Å²) in [4.78, 5) is 43.2. The highest BCUT2D eigenvalue weighted by Gasteiger charge is 2.63. The molecule has 0 saturated heterocycles. The second kappa shape index (κ2) is 5.44. The first-order valence-corrected chi connectivity index (χ1v) is 8.10. The molecule has 0 bridgehead atoms. The maximum absolute atomic E-state index is 13.6. The molecule has 0 saturated carbocycles. The van der Waals surface area contributed by atoms with E-state index in [9.17, 15) is 14.4 Å². The molecule has 2 aliphatic rings. The molecule has 9 nitrogen and oxygen atoms in total. The molecule has 1 aliphatic carbocycles. The molecule has 1 spiro atoms. The SMILES string of the molecule is COC(=O)C1=C(C)N(CC(N)=O)C(=O)[C@]12c1ccccc1-c1oc(N)nc12. The van der Waals surface area contributed by atoms with E-state index in [4.69, 9.17) is 20.6 Å². The molecule has 2 amide bonds. The molecule has 1 aliphatic heterocycles. The van der Waals surface area contributed by atoms with Gasteiger partial charge in [-0.15, -0.1) is 0 Å². The van der Waals surface area contributed by atoms with E-state index in [1.165, 1.54) is 12.0 Å². The number of hydrogen-bond donors (Lipinski definition) is 2. The Morgan fingerprint density at radius 2 is 2.04 bits per heavy atom. The molecule has 1 aromatic carbocycles. The van der Waals surface area contributed by atoms with Gasteiger partial charge in [0.05, 0.1) is 12.7 Å². The fourth-order valence-electron chi connectivity index (χ4n) is 4.00. The number of benzene rings is 1. The minimum atomic E-state index is -1.60. The van der Waals surface area contributed by atoms with Crippen molar-refractivity contribution in [3.63, 3.8) is 0 Å². The maximum atomic E-state index is 13.6. The van der Waals surface area contributed by atoms with E-state index in [0.29, 0.717) is 16.9 Å². The van der Waals surface area contributed by atoms with Crippen molar-refractivity contribution < 1.29 is 23.5 Å². The Morgan fingerprint density at radius 3 is 2.70 bits per heavy atom. The van der Waals surface area contributed by atoms with Gasteiger partial charge < -0.3 is 25.5 Å². The largest absolute Gasteiger partial charge is 0.466 e. The number of amides is 2. The number of ether oxygens (including phenoxy) is 1. The number of methoxy groups -OCH3 is 1. The molecule has 4 N–H and O–H groups in total. The second-order valence-corrected chi connectivity index (χ2v) is 6.34. The van der Waals surface area contributed by atoms with E-state index in [1.54, 1.807) is 31.2 Å². The number of primary amides is 1. The Balaban J connectivity index is 2.10. The van der Waals surface area contributed by atoms with Gasteiger partial charge in [0.25, 0.3) is 6.01 Å². The number of anilines is 1. The number of nitrogens with zero attached hydrogens (tertiary/aromatic N) is 2. The summed E-state index contributed by atoms with van der Waals surface area (Å²) in [7, 11) is 1.22. The molecular formula is C18H16N4O5. The summed E-state index contributed by atoms with van der Waals surface area (Å²) in [6.07, 6.45) is 0. The van der Waals surface area contributed by atoms with Crippen LogP contribution in [-0.2, 0) is 24.5 Å². The topological polar surface area (TPSA) is 142 Å². The highest BCUT2D eigenvalue weighted by Crippen LogP contribution is 2.57. The van der Waals surface area contributed by atoms with E-state index >= 15 is 0 Å². The lowest BCUT2D eigenvalue weighted by Gasteiger charge is -2.26. The summed E-state index contributed by atoms with van der Waals surface area (Å²) < 4.78 is 10.5. The Bertz CT molecular complexity index is 1050. The zero-order valence-electron chi connectivity index (χ0n) is 14.6. The van der Waals surface area contributed by atoms with E-state index in [2.05, 4.69) is 4.98 Å². The van der Waals surface area contributed by atoms with Gasteiger partial charge in [0.15, 0.2) is 11.2 Å². The number of carbonyl (C=O) groups excluding carboxylic acids is 3. The van der Waals surface area contributed by atoms with Gasteiger partial charge in [0, 0.05) is 11.3 Å². The number of hydrogen-bond acceptors (Lipinski definition) is 7. The number of nitrogen functional groups attached to an aromatic ring is 1. The zero-order chi connectivity index (χ0) is 19.5. The van der Waals surface area contributed by atoms with Crippen LogP contribution < -0.4 is 11.5 Å². The summed E-state index contributed by atoms with van der Waals surface area (Å²) in [6, 6.07) is 6.85. The van der Waals surface area contributed by atoms with Gasteiger partial charge in [-0.3, -0.25) is 9.59 Å². The lowest BCUT2D eigenvalue weighted by molar-refractivity contribution is -0.139. The Morgan fingerprint density at radius 1 is 1.33 bits per heavy atom. The highest BCUT2D eigenvalue weighted by atomic mass is 16.5. The van der Waals surface area contributed by atoms with Gasteiger partial charge in [0.1, 0.15) is 12.2 Å². The van der Waals surface area contributed by atoms with Gasteiger partial charge in [-0.1, -0.05) is 24.3 Å². The zero-order valence-corrected chi connectivity index (χ0v) is 14.6. The molecule has 27 heavy (non-hydrogen) atoms. The summed E-state index contributed by atoms with van der Waals surface area (Å²) in [5, 5.41) is 0. The van der Waals surface area contributed by atoms with Crippen molar-refractivity contribution in [1.82, 2.24) is 9.88 Å². The standard InChI is InChI=1S/C18H16N4O5/c1-8-12(15(24)26-2)18(16(25)22(8)7-11(19)23)10-6-4-3-5-9(10)13-14(18)21-17(20)27-13/h3-6H,7H2,1-2H3,(H2,19,23)(H2,20,21)/t18-/m1/s1. The lowest BCUT2D eigenvalue weighted by atomic mass is 9.74. The molecule has 9 heteroatoms. The van der Waals surface area contributed by atoms with E-state index < -0.39 is 23.2 Å². The van der Waals surface area contributed by atoms with Crippen LogP contribution in [0.3, 0.4) is 0 Å². The number of nitrogens with two attached hydrogens (primary N) is 2. The number of rotatable bonds is 3. The average molecular weight is 368 g/mol. The first-order valence-electron chi connectivity index (χ1n) is 8.10. The minimum Gasteiger partial charge on any atom is -0.466 e. The molecule has 1 aromatic heterocycles. The maximum Gasteiger partial charge on any atom is 0.337 e. The van der Waals surface area contributed by atoms with Gasteiger partial charge in [-0.25, -0.2) is 4.79 Å². The van der Waals surface area contributed by atoms with E-state index in [-0.39, 0.29) is 29.5 Å². The molecule has 0 radical (unpaired) electrons. The van der Waals surface area contributed by atoms with Crippen molar-refractivity contribution in [1.29, 1.82) is 0 Å². The molecule has 138 valence electrons. The normalized spacial score (nSPS) is 20.2. The average Bonchev–Trinajstić information content (AvgIpc) is 3.20. The number of esters is 1. The number of aromatic nitrogens is 1. The summed E-state index contributed by atoms with van der Waals surface area (Å²) in [5.41, 5.74) is 11.1. The van der Waals surface area contributed by atoms with Crippen molar-refractivity contribution in [2.24, 2.45) is 5.73 Å². The van der Waals surface area contributed by atoms with Crippen LogP contribution in [0.15, 0.2) is 40.0 Å². The monoisotopic (exact) mass is 368 g/mol. The Labute approximate surface area is 153 Å². The number of oxazole rings is 1. The van der Waals surface area contributed by atoms with Crippen LogP contribution in [0.1, 0.15) is 18.2 Å². The van der Waals surface area contributed by atoms with Crippen LogP contribution in [0.25, 0.3) is 11.3 Å². The second-order valence-electron chi connectivity index (χ2n) is 6.34. The molecule has 0 unspecified atom stereocenters. The van der Waals surface area contributed by atoms with Crippen molar-refractivity contribution in [2.45, 2.75) is 12.3 Å². The van der Waals surface area contributed by atoms with Gasteiger partial charge >= 0.3 is 5.97 Å². The van der Waals surface area contributed by atoms with Crippen LogP contribution >= 0.6 is 0 Å². The predicted molar refractivity (Wildman–Crippen MR) is 92.8 cm³/mol. The molecule has 1 atom stereocenters. The third-order valence-electron chi connectivity index (χ3n) is 4.99. The van der Waals surface area contributed by atoms with Crippen molar-refractivity contribution in [3.8, 4) is 11.3 Å². The quantitative estimate of drug-likeness (QED) is 0.742. The third-order valence-corrected chi connectivity index (χ3v) is 4.99. The fraction of sp³-hybridized carbons (Fsp3) is 0.222. The van der Waals surface area contributed by atoms with Crippen molar-refractivity contribution >= 4 is 23.8 Å². The molecule has 2 aromatic rings. The molecular weight excluding hydrogens is 352 g/mol. The lowest BCUT2D eigenvalue weighted by Crippen LogP contribution is -2.44. The first kappa shape index (κ1) is 16.8. The van der Waals surface area contributed by atoms with E-state index in [0.717, 1.165) is 0 Å². The van der Waals surface area contributed by atoms with Gasteiger partial charge in [-0.05, 0) is 12.5 Å². The summed E-state index contributed by atoms with van der Waals surface area (Å²) >= 11 is 0. The number of fused-ring (bicyclic) bond motifs is 5. The third kappa shape index (κ3) is 1.93. The van der Waals surface area contributed by atoms with Crippen LogP contribution in [0.2, 0.25) is 0 Å². The summed E-state index contributed by atoms with van der Waals surface area (Å²) in [6.45, 7) is 1.18. The van der Waals surface area contributed by atoms with Gasteiger partial charge in [0.2, 0.25) is 11.8 Å². The van der Waals surface area contributed by atoms with E-state index in [1.807, 2.05) is 0 Å². The summed E-state index contributed by atoms with van der Waals surface area (Å²) in [5.74, 6) is -1.64. The minimum absolute atomic E-state index is 0.0655. The van der Waals surface area contributed by atoms with Crippen LogP contribution in [-0.4, -0.2) is 41.3 Å². The fourth-order valence-corrected chi connectivity index (χ4v) is 4.00. The van der Waals surface area contributed by atoms with Crippen LogP contribution in [0.4, 0.5) is 6.01 Å². The molecule has 2 heterocycles. The van der Waals surface area contributed by atoms with Crippen LogP contribution in [0.5, 0.6) is 0 Å². The molecule has 0 fully saturated rings. The number of carbonyl (C=O) groups is 3. The number of allylic oxidation sites excluding steroid dienone is 1. The van der Waals surface area contributed by atoms with Crippen molar-refractivity contribution in [2.75, 3.05) is 19.4 Å². The smallest absolute Gasteiger partial charge is 0.337 e. The highest BCUT2D eigenvalue weighted by molar-refractivity contribution is 6.14. The van der Waals surface area contributed by atoms with Crippen LogP contribution in [0, 0.1) is 0 Å².